The molecule has 31 heavy (non-hydrogen) atoms. The average Bonchev–Trinajstić information content (AvgIpc) is 3.45. The maximum absolute atomic E-state index is 11.8. The molecule has 2 aliphatic rings. The Balaban J connectivity index is 1.16. The highest BCUT2D eigenvalue weighted by atomic mass is 32.2. The second kappa shape index (κ2) is 8.77. The average molecular weight is 436 g/mol. The fraction of sp³-hybridized carbons (Fsp3) is 0.333. The molecule has 3 aromatic rings. The molecule has 1 fully saturated rings. The van der Waals surface area contributed by atoms with Crippen molar-refractivity contribution in [3.63, 3.8) is 0 Å². The van der Waals surface area contributed by atoms with E-state index in [9.17, 15) is 4.55 Å². The Kier molecular flexibility index (Phi) is 5.70. The zero-order valence-corrected chi connectivity index (χ0v) is 18.3. The van der Waals surface area contributed by atoms with Gasteiger partial charge in [-0.25, -0.2) is 9.97 Å². The zero-order chi connectivity index (χ0) is 21.2. The van der Waals surface area contributed by atoms with E-state index in [-0.39, 0.29) is 5.94 Å². The minimum Gasteiger partial charge on any atom is -0.609 e. The largest absolute Gasteiger partial charge is 0.609 e. The molecule has 6 nitrogen and oxygen atoms in total. The molecular formula is C24H25N3O3S. The van der Waals surface area contributed by atoms with Gasteiger partial charge in [0.25, 0.3) is 5.94 Å². The lowest BCUT2D eigenvalue weighted by Gasteiger charge is -2.16. The molecule has 0 radical (unpaired) electrons. The van der Waals surface area contributed by atoms with Gasteiger partial charge < -0.3 is 18.9 Å². The molecule has 5 rings (SSSR count). The molecule has 0 aliphatic carbocycles. The summed E-state index contributed by atoms with van der Waals surface area (Å²) in [7, 11) is 0. The quantitative estimate of drug-likeness (QED) is 0.544. The van der Waals surface area contributed by atoms with Crippen LogP contribution in [-0.4, -0.2) is 40.2 Å². The Morgan fingerprint density at radius 1 is 1.13 bits per heavy atom. The van der Waals surface area contributed by atoms with Crippen LogP contribution in [-0.2, 0) is 17.6 Å². The molecular weight excluding hydrogens is 410 g/mol. The number of benzene rings is 2. The summed E-state index contributed by atoms with van der Waals surface area (Å²) in [6.45, 7) is 4.67. The van der Waals surface area contributed by atoms with Gasteiger partial charge >= 0.3 is 0 Å². The van der Waals surface area contributed by atoms with Crippen molar-refractivity contribution < 1.29 is 14.0 Å². The number of ether oxygens (including phenoxy) is 2. The van der Waals surface area contributed by atoms with Gasteiger partial charge in [-0.05, 0) is 59.9 Å². The minimum atomic E-state index is -1.04. The maximum Gasteiger partial charge on any atom is 0.250 e. The first-order valence-corrected chi connectivity index (χ1v) is 12.0. The molecule has 1 unspecified atom stereocenters. The first kappa shape index (κ1) is 20.2. The lowest BCUT2D eigenvalue weighted by Crippen LogP contribution is -2.23. The first-order chi connectivity index (χ1) is 15.2. The fourth-order valence-electron chi connectivity index (χ4n) is 3.97. The molecule has 7 heteroatoms. The zero-order valence-electron chi connectivity index (χ0n) is 17.5. The summed E-state index contributed by atoms with van der Waals surface area (Å²) in [5, 5.41) is 0. The van der Waals surface area contributed by atoms with Crippen molar-refractivity contribution in [2.75, 3.05) is 30.5 Å². The Morgan fingerprint density at radius 2 is 1.90 bits per heavy atom. The highest BCUT2D eigenvalue weighted by molar-refractivity contribution is 7.91. The van der Waals surface area contributed by atoms with Gasteiger partial charge in [-0.3, -0.25) is 0 Å². The van der Waals surface area contributed by atoms with E-state index >= 15 is 0 Å². The van der Waals surface area contributed by atoms with Gasteiger partial charge in [0.15, 0.2) is 10.6 Å². The molecule has 0 saturated carbocycles. The van der Waals surface area contributed by atoms with Crippen LogP contribution in [0.4, 0.5) is 5.95 Å². The van der Waals surface area contributed by atoms with Gasteiger partial charge in [0.05, 0.1) is 6.61 Å². The number of anilines is 1. The summed E-state index contributed by atoms with van der Waals surface area (Å²) in [4.78, 5) is 12.0. The molecule has 0 bridgehead atoms. The number of rotatable bonds is 6. The van der Waals surface area contributed by atoms with E-state index in [2.05, 4.69) is 21.8 Å². The van der Waals surface area contributed by atoms with Gasteiger partial charge in [0.2, 0.25) is 5.95 Å². The topological polar surface area (TPSA) is 70.5 Å². The third kappa shape index (κ3) is 4.34. The van der Waals surface area contributed by atoms with Gasteiger partial charge in [-0.1, -0.05) is 19.1 Å². The molecule has 2 aromatic carbocycles. The predicted octanol–water partition coefficient (Wildman–Crippen LogP) is 4.07. The molecule has 2 aliphatic heterocycles. The Hall–Kier alpha value is -2.77. The van der Waals surface area contributed by atoms with Crippen LogP contribution in [0.2, 0.25) is 0 Å². The molecule has 0 spiro atoms. The summed E-state index contributed by atoms with van der Waals surface area (Å²) in [6.07, 6.45) is 5.87. The highest BCUT2D eigenvalue weighted by Crippen LogP contribution is 2.35. The van der Waals surface area contributed by atoms with Crippen LogP contribution in [0.3, 0.4) is 0 Å². The summed E-state index contributed by atoms with van der Waals surface area (Å²) in [5.74, 6) is 3.11. The van der Waals surface area contributed by atoms with E-state index in [0.717, 1.165) is 65.0 Å². The Morgan fingerprint density at radius 3 is 2.68 bits per heavy atom. The van der Waals surface area contributed by atoms with Crippen LogP contribution in [0.5, 0.6) is 11.5 Å². The van der Waals surface area contributed by atoms with Crippen molar-refractivity contribution in [3.05, 3.63) is 60.4 Å². The second-order valence-electron chi connectivity index (χ2n) is 7.95. The van der Waals surface area contributed by atoms with Crippen LogP contribution in [0, 0.1) is 5.92 Å². The molecule has 3 heterocycles. The molecule has 160 valence electrons. The number of hydrogen-bond acceptors (Lipinski definition) is 6. The van der Waals surface area contributed by atoms with Crippen molar-refractivity contribution in [2.45, 2.75) is 24.7 Å². The summed E-state index contributed by atoms with van der Waals surface area (Å²) in [5.41, 5.74) is 3.29. The highest BCUT2D eigenvalue weighted by Gasteiger charge is 2.26. The van der Waals surface area contributed by atoms with E-state index in [1.165, 1.54) is 0 Å². The SMILES string of the molecule is CCc1cnc(N2CC[C@H](COc3ccc(-c4ccc5c(c4)OC[S+]5[O-])cc3)C2)nc1. The van der Waals surface area contributed by atoms with Gasteiger partial charge in [-0.15, -0.1) is 0 Å². The minimum absolute atomic E-state index is 0.250. The van der Waals surface area contributed by atoms with Crippen molar-refractivity contribution in [2.24, 2.45) is 5.92 Å². The predicted molar refractivity (Wildman–Crippen MR) is 121 cm³/mol. The third-order valence-electron chi connectivity index (χ3n) is 5.85. The number of aromatic nitrogens is 2. The molecule has 0 amide bonds. The summed E-state index contributed by atoms with van der Waals surface area (Å²) >= 11 is -1.04. The van der Waals surface area contributed by atoms with Crippen molar-refractivity contribution >= 4 is 17.1 Å². The van der Waals surface area contributed by atoms with Crippen LogP contribution in [0.15, 0.2) is 59.8 Å². The van der Waals surface area contributed by atoms with Crippen molar-refractivity contribution in [1.29, 1.82) is 0 Å². The maximum atomic E-state index is 11.8. The number of hydrogen-bond donors (Lipinski definition) is 0. The van der Waals surface area contributed by atoms with E-state index in [0.29, 0.717) is 12.5 Å². The van der Waals surface area contributed by atoms with Crippen LogP contribution in [0.25, 0.3) is 11.1 Å². The van der Waals surface area contributed by atoms with Crippen molar-refractivity contribution in [3.8, 4) is 22.6 Å². The van der Waals surface area contributed by atoms with Crippen LogP contribution >= 0.6 is 0 Å². The number of aryl methyl sites for hydroxylation is 1. The molecule has 1 saturated heterocycles. The van der Waals surface area contributed by atoms with E-state index in [4.69, 9.17) is 9.47 Å². The van der Waals surface area contributed by atoms with E-state index < -0.39 is 11.2 Å². The molecule has 0 N–H and O–H groups in total. The van der Waals surface area contributed by atoms with Crippen LogP contribution in [0.1, 0.15) is 18.9 Å². The normalized spacial score (nSPS) is 19.9. The van der Waals surface area contributed by atoms with Gasteiger partial charge in [0.1, 0.15) is 5.75 Å². The lowest BCUT2D eigenvalue weighted by atomic mass is 10.1. The van der Waals surface area contributed by atoms with E-state index in [1.54, 1.807) is 0 Å². The monoisotopic (exact) mass is 435 g/mol. The first-order valence-electron chi connectivity index (χ1n) is 10.6. The second-order valence-corrected chi connectivity index (χ2v) is 9.32. The third-order valence-corrected chi connectivity index (χ3v) is 7.01. The lowest BCUT2D eigenvalue weighted by molar-refractivity contribution is 0.261. The summed E-state index contributed by atoms with van der Waals surface area (Å²) < 4.78 is 23.4. The molecule has 1 aromatic heterocycles. The van der Waals surface area contributed by atoms with Gasteiger partial charge in [0, 0.05) is 42.6 Å². The standard InChI is InChI=1S/C24H25N3O3S/c1-2-17-12-25-24(26-13-17)27-10-9-18(14-27)15-29-21-6-3-19(4-7-21)20-5-8-23-22(11-20)30-16-31(23)28/h3-8,11-13,18H,2,9-10,14-16H2,1H3/t18-,31?/m0/s1. The Labute approximate surface area is 185 Å². The Bertz CT molecular complexity index is 1040. The van der Waals surface area contributed by atoms with E-state index in [1.807, 2.05) is 54.9 Å². The number of fused-ring (bicyclic) bond motifs is 1. The number of nitrogens with zero attached hydrogens (tertiary/aromatic N) is 3. The van der Waals surface area contributed by atoms with Crippen molar-refractivity contribution in [1.82, 2.24) is 9.97 Å². The molecule has 2 atom stereocenters. The fourth-order valence-corrected chi connectivity index (χ4v) is 4.89. The van der Waals surface area contributed by atoms with Gasteiger partial charge in [-0.2, -0.15) is 0 Å². The smallest absolute Gasteiger partial charge is 0.250 e. The summed E-state index contributed by atoms with van der Waals surface area (Å²) in [6, 6.07) is 13.9. The van der Waals surface area contributed by atoms with Crippen LogP contribution < -0.4 is 14.4 Å².